The molecule has 0 spiro atoms. The number of ether oxygens (including phenoxy) is 3. The monoisotopic (exact) mass is 373 g/mol. The number of hydrogen-bond donors (Lipinski definition) is 0. The minimum Gasteiger partial charge on any atom is -0.493 e. The zero-order valence-corrected chi connectivity index (χ0v) is 15.6. The van der Waals surface area contributed by atoms with Crippen molar-refractivity contribution < 1.29 is 14.2 Å². The Morgan fingerprint density at radius 1 is 0.962 bits per heavy atom. The van der Waals surface area contributed by atoms with E-state index in [0.29, 0.717) is 17.5 Å². The van der Waals surface area contributed by atoms with E-state index in [1.54, 1.807) is 0 Å². The average Bonchev–Trinajstić information content (AvgIpc) is 3.20. The van der Waals surface area contributed by atoms with Crippen molar-refractivity contribution in [2.24, 2.45) is 5.92 Å². The summed E-state index contributed by atoms with van der Waals surface area (Å²) < 4.78 is 16.8. The van der Waals surface area contributed by atoms with E-state index in [0.717, 1.165) is 62.8 Å². The molecule has 2 aromatic carbocycles. The summed E-state index contributed by atoms with van der Waals surface area (Å²) in [5, 5.41) is 0.692. The lowest BCUT2D eigenvalue weighted by Gasteiger charge is -2.28. The Kier molecular flexibility index (Phi) is 5.63. The molecule has 0 amide bonds. The summed E-state index contributed by atoms with van der Waals surface area (Å²) in [5.74, 6) is 1.29. The molecule has 5 heteroatoms. The van der Waals surface area contributed by atoms with Gasteiger partial charge in [-0.25, -0.2) is 0 Å². The molecule has 2 aromatic rings. The summed E-state index contributed by atoms with van der Waals surface area (Å²) in [6, 6.07) is 14.5. The van der Waals surface area contributed by atoms with Gasteiger partial charge in [0.05, 0.1) is 26.4 Å². The van der Waals surface area contributed by atoms with Crippen LogP contribution in [0.25, 0.3) is 11.1 Å². The summed E-state index contributed by atoms with van der Waals surface area (Å²) >= 11 is 6.32. The number of benzene rings is 2. The molecule has 2 aliphatic heterocycles. The second-order valence-electron chi connectivity index (χ2n) is 6.86. The molecule has 2 saturated heterocycles. The predicted octanol–water partition coefficient (Wildman–Crippen LogP) is 4.26. The van der Waals surface area contributed by atoms with Crippen LogP contribution in [0, 0.1) is 5.92 Å². The first-order valence-electron chi connectivity index (χ1n) is 9.22. The highest BCUT2D eigenvalue weighted by atomic mass is 35.5. The first kappa shape index (κ1) is 17.7. The molecule has 0 N–H and O–H groups in total. The molecule has 0 aliphatic carbocycles. The van der Waals surface area contributed by atoms with E-state index in [9.17, 15) is 0 Å². The van der Waals surface area contributed by atoms with Gasteiger partial charge in [0.1, 0.15) is 5.75 Å². The lowest BCUT2D eigenvalue weighted by atomic mass is 10.0. The molecule has 0 radical (unpaired) electrons. The zero-order chi connectivity index (χ0) is 17.8. The number of rotatable bonds is 5. The largest absolute Gasteiger partial charge is 0.493 e. The molecule has 2 heterocycles. The lowest BCUT2D eigenvalue weighted by molar-refractivity contribution is 0.122. The highest BCUT2D eigenvalue weighted by Crippen LogP contribution is 2.30. The van der Waals surface area contributed by atoms with Crippen LogP contribution >= 0.6 is 11.6 Å². The third kappa shape index (κ3) is 4.32. The normalized spacial score (nSPS) is 20.3. The first-order chi connectivity index (χ1) is 12.8. The Morgan fingerprint density at radius 3 is 2.50 bits per heavy atom. The lowest BCUT2D eigenvalue weighted by Crippen LogP contribution is -2.36. The van der Waals surface area contributed by atoms with Crippen LogP contribution < -0.4 is 9.64 Å². The average molecular weight is 374 g/mol. The second kappa shape index (κ2) is 8.30. The summed E-state index contributed by atoms with van der Waals surface area (Å²) in [4.78, 5) is 2.35. The van der Waals surface area contributed by atoms with Crippen molar-refractivity contribution in [3.8, 4) is 16.9 Å². The van der Waals surface area contributed by atoms with Gasteiger partial charge in [-0.15, -0.1) is 0 Å². The van der Waals surface area contributed by atoms with Gasteiger partial charge in [0.25, 0.3) is 0 Å². The summed E-state index contributed by atoms with van der Waals surface area (Å²) in [6.07, 6.45) is 1.07. The van der Waals surface area contributed by atoms with Crippen LogP contribution in [0.3, 0.4) is 0 Å². The SMILES string of the molecule is Clc1cc(OCC2CCOC2)cc(-c2ccc(N3CCOCC3)cc2)c1. The molecule has 0 aromatic heterocycles. The summed E-state index contributed by atoms with van der Waals surface area (Å²) in [5.41, 5.74) is 3.44. The van der Waals surface area contributed by atoms with Gasteiger partial charge in [0, 0.05) is 36.3 Å². The molecule has 4 rings (SSSR count). The smallest absolute Gasteiger partial charge is 0.121 e. The Labute approximate surface area is 159 Å². The predicted molar refractivity (Wildman–Crippen MR) is 104 cm³/mol. The Morgan fingerprint density at radius 2 is 1.77 bits per heavy atom. The van der Waals surface area contributed by atoms with Crippen molar-refractivity contribution >= 4 is 17.3 Å². The van der Waals surface area contributed by atoms with Crippen LogP contribution in [-0.4, -0.2) is 46.1 Å². The van der Waals surface area contributed by atoms with Crippen molar-refractivity contribution in [2.45, 2.75) is 6.42 Å². The van der Waals surface area contributed by atoms with E-state index in [1.807, 2.05) is 12.1 Å². The Bertz CT molecular complexity index is 723. The van der Waals surface area contributed by atoms with Crippen LogP contribution in [0.2, 0.25) is 5.02 Å². The molecule has 4 nitrogen and oxygen atoms in total. The molecular formula is C21H24ClNO3. The topological polar surface area (TPSA) is 30.9 Å². The maximum absolute atomic E-state index is 6.32. The van der Waals surface area contributed by atoms with Gasteiger partial charge in [0.2, 0.25) is 0 Å². The number of nitrogens with zero attached hydrogens (tertiary/aromatic N) is 1. The van der Waals surface area contributed by atoms with Crippen molar-refractivity contribution in [3.63, 3.8) is 0 Å². The highest BCUT2D eigenvalue weighted by molar-refractivity contribution is 6.31. The number of halogens is 1. The van der Waals surface area contributed by atoms with Crippen LogP contribution in [0.4, 0.5) is 5.69 Å². The maximum atomic E-state index is 6.32. The molecule has 0 bridgehead atoms. The third-order valence-electron chi connectivity index (χ3n) is 4.96. The van der Waals surface area contributed by atoms with E-state index < -0.39 is 0 Å². The molecular weight excluding hydrogens is 350 g/mol. The van der Waals surface area contributed by atoms with Crippen molar-refractivity contribution in [1.82, 2.24) is 0 Å². The molecule has 1 unspecified atom stereocenters. The van der Waals surface area contributed by atoms with E-state index in [2.05, 4.69) is 35.2 Å². The van der Waals surface area contributed by atoms with Crippen molar-refractivity contribution in [2.75, 3.05) is 51.0 Å². The van der Waals surface area contributed by atoms with Gasteiger partial charge in [-0.3, -0.25) is 0 Å². The minimum atomic E-state index is 0.477. The number of morpholine rings is 1. The molecule has 1 atom stereocenters. The van der Waals surface area contributed by atoms with E-state index in [-0.39, 0.29) is 0 Å². The molecule has 138 valence electrons. The molecule has 2 fully saturated rings. The quantitative estimate of drug-likeness (QED) is 0.783. The third-order valence-corrected chi connectivity index (χ3v) is 5.18. The molecule has 26 heavy (non-hydrogen) atoms. The highest BCUT2D eigenvalue weighted by Gasteiger charge is 2.16. The standard InChI is InChI=1S/C21H24ClNO3/c22-19-11-18(12-21(13-19)26-15-16-5-8-25-14-16)17-1-3-20(4-2-17)23-6-9-24-10-7-23/h1-4,11-13,16H,5-10,14-15H2. The fraction of sp³-hybridized carbons (Fsp3) is 0.429. The van der Waals surface area contributed by atoms with E-state index >= 15 is 0 Å². The van der Waals surface area contributed by atoms with Crippen molar-refractivity contribution in [1.29, 1.82) is 0 Å². The fourth-order valence-corrected chi connectivity index (χ4v) is 3.65. The van der Waals surface area contributed by atoms with Gasteiger partial charge >= 0.3 is 0 Å². The summed E-state index contributed by atoms with van der Waals surface area (Å²) in [7, 11) is 0. The van der Waals surface area contributed by atoms with Crippen molar-refractivity contribution in [3.05, 3.63) is 47.5 Å². The van der Waals surface area contributed by atoms with Gasteiger partial charge < -0.3 is 19.1 Å². The minimum absolute atomic E-state index is 0.477. The van der Waals surface area contributed by atoms with E-state index in [4.69, 9.17) is 25.8 Å². The Hall–Kier alpha value is -1.75. The van der Waals surface area contributed by atoms with E-state index in [1.165, 1.54) is 5.69 Å². The van der Waals surface area contributed by atoms with Crippen LogP contribution in [-0.2, 0) is 9.47 Å². The molecule has 2 aliphatic rings. The Balaban J connectivity index is 1.47. The first-order valence-corrected chi connectivity index (χ1v) is 9.60. The number of anilines is 1. The maximum Gasteiger partial charge on any atom is 0.121 e. The van der Waals surface area contributed by atoms with Gasteiger partial charge in [0.15, 0.2) is 0 Å². The van der Waals surface area contributed by atoms with Gasteiger partial charge in [-0.1, -0.05) is 23.7 Å². The second-order valence-corrected chi connectivity index (χ2v) is 7.30. The van der Waals surface area contributed by atoms with Gasteiger partial charge in [-0.2, -0.15) is 0 Å². The van der Waals surface area contributed by atoms with Gasteiger partial charge in [-0.05, 0) is 47.9 Å². The fourth-order valence-electron chi connectivity index (χ4n) is 3.43. The zero-order valence-electron chi connectivity index (χ0n) is 14.8. The van der Waals surface area contributed by atoms with Crippen LogP contribution in [0.5, 0.6) is 5.75 Å². The summed E-state index contributed by atoms with van der Waals surface area (Å²) in [6.45, 7) is 5.78. The van der Waals surface area contributed by atoms with Crippen LogP contribution in [0.1, 0.15) is 6.42 Å². The van der Waals surface area contributed by atoms with Crippen LogP contribution in [0.15, 0.2) is 42.5 Å². The number of hydrogen-bond acceptors (Lipinski definition) is 4. The molecule has 0 saturated carbocycles.